The Morgan fingerprint density at radius 1 is 1.44 bits per heavy atom. The second-order valence-corrected chi connectivity index (χ2v) is 8.00. The van der Waals surface area contributed by atoms with Crippen LogP contribution in [0.3, 0.4) is 0 Å². The van der Waals surface area contributed by atoms with Crippen LogP contribution in [0.5, 0.6) is 0 Å². The van der Waals surface area contributed by atoms with Crippen molar-refractivity contribution in [3.8, 4) is 0 Å². The van der Waals surface area contributed by atoms with Gasteiger partial charge in [0, 0.05) is 24.8 Å². The molecule has 0 aliphatic carbocycles. The average molecular weight is 274 g/mol. The first-order valence-corrected chi connectivity index (χ1v) is 7.80. The molecule has 104 valence electrons. The van der Waals surface area contributed by atoms with Crippen LogP contribution in [0.2, 0.25) is 0 Å². The molecule has 0 radical (unpaired) electrons. The summed E-state index contributed by atoms with van der Waals surface area (Å²) in [6.45, 7) is 7.27. The van der Waals surface area contributed by atoms with E-state index in [4.69, 9.17) is 5.73 Å². The molecule has 0 fully saturated rings. The van der Waals surface area contributed by atoms with Gasteiger partial charge in [-0.1, -0.05) is 0 Å². The second kappa shape index (κ2) is 4.97. The van der Waals surface area contributed by atoms with Crippen LogP contribution < -0.4 is 5.73 Å². The van der Waals surface area contributed by atoms with E-state index >= 15 is 0 Å². The lowest BCUT2D eigenvalue weighted by molar-refractivity contribution is 0.447. The molecular formula is C11H22N4O2S. The van der Waals surface area contributed by atoms with Crippen molar-refractivity contribution < 1.29 is 8.42 Å². The molecule has 1 unspecified atom stereocenters. The minimum Gasteiger partial charge on any atom is -0.326 e. The second-order valence-electron chi connectivity index (χ2n) is 5.40. The Balaban J connectivity index is 2.95. The SMILES string of the molecule is CC(C)n1ncnc1CC(N)C(C)(C)S(C)(=O)=O. The van der Waals surface area contributed by atoms with Gasteiger partial charge >= 0.3 is 0 Å². The maximum atomic E-state index is 11.7. The molecule has 1 aromatic rings. The van der Waals surface area contributed by atoms with Crippen LogP contribution in [-0.2, 0) is 16.3 Å². The van der Waals surface area contributed by atoms with Crippen molar-refractivity contribution in [1.82, 2.24) is 14.8 Å². The Morgan fingerprint density at radius 2 is 2.00 bits per heavy atom. The molecule has 2 N–H and O–H groups in total. The number of nitrogens with two attached hydrogens (primary N) is 1. The van der Waals surface area contributed by atoms with E-state index in [0.717, 1.165) is 0 Å². The van der Waals surface area contributed by atoms with E-state index in [9.17, 15) is 8.42 Å². The maximum Gasteiger partial charge on any atom is 0.154 e. The quantitative estimate of drug-likeness (QED) is 0.846. The number of hydrogen-bond donors (Lipinski definition) is 1. The van der Waals surface area contributed by atoms with Crippen molar-refractivity contribution >= 4 is 9.84 Å². The smallest absolute Gasteiger partial charge is 0.154 e. The van der Waals surface area contributed by atoms with Gasteiger partial charge in [0.2, 0.25) is 0 Å². The molecule has 1 heterocycles. The van der Waals surface area contributed by atoms with E-state index in [0.29, 0.717) is 12.2 Å². The van der Waals surface area contributed by atoms with Crippen LogP contribution in [0.25, 0.3) is 0 Å². The summed E-state index contributed by atoms with van der Waals surface area (Å²) in [7, 11) is -3.22. The largest absolute Gasteiger partial charge is 0.326 e. The van der Waals surface area contributed by atoms with E-state index in [1.807, 2.05) is 13.8 Å². The first kappa shape index (κ1) is 15.1. The summed E-state index contributed by atoms with van der Waals surface area (Å²) in [5, 5.41) is 4.11. The summed E-state index contributed by atoms with van der Waals surface area (Å²) >= 11 is 0. The Kier molecular flexibility index (Phi) is 4.17. The lowest BCUT2D eigenvalue weighted by atomic mass is 10.0. The number of hydrogen-bond acceptors (Lipinski definition) is 5. The fourth-order valence-corrected chi connectivity index (χ4v) is 2.20. The third kappa shape index (κ3) is 2.89. The van der Waals surface area contributed by atoms with E-state index in [2.05, 4.69) is 10.1 Å². The maximum absolute atomic E-state index is 11.7. The molecule has 0 aliphatic heterocycles. The highest BCUT2D eigenvalue weighted by atomic mass is 32.2. The summed E-state index contributed by atoms with van der Waals surface area (Å²) < 4.78 is 24.2. The number of aromatic nitrogens is 3. The fraction of sp³-hybridized carbons (Fsp3) is 0.818. The first-order chi connectivity index (χ1) is 8.07. The highest BCUT2D eigenvalue weighted by Gasteiger charge is 2.37. The molecule has 0 aromatic carbocycles. The van der Waals surface area contributed by atoms with Crippen LogP contribution >= 0.6 is 0 Å². The molecule has 1 atom stereocenters. The van der Waals surface area contributed by atoms with Crippen molar-refractivity contribution in [1.29, 1.82) is 0 Å². The zero-order valence-electron chi connectivity index (χ0n) is 11.6. The average Bonchev–Trinajstić information content (AvgIpc) is 2.63. The molecule has 0 amide bonds. The molecule has 0 aliphatic rings. The van der Waals surface area contributed by atoms with Gasteiger partial charge < -0.3 is 5.73 Å². The third-order valence-corrected chi connectivity index (χ3v) is 5.60. The molecule has 0 spiro atoms. The van der Waals surface area contributed by atoms with Crippen molar-refractivity contribution in [3.63, 3.8) is 0 Å². The Labute approximate surface area is 109 Å². The highest BCUT2D eigenvalue weighted by Crippen LogP contribution is 2.21. The van der Waals surface area contributed by atoms with E-state index in [1.54, 1.807) is 18.5 Å². The van der Waals surface area contributed by atoms with Crippen molar-refractivity contribution in [3.05, 3.63) is 12.2 Å². The molecule has 18 heavy (non-hydrogen) atoms. The topological polar surface area (TPSA) is 90.9 Å². The minimum absolute atomic E-state index is 0.177. The molecular weight excluding hydrogens is 252 g/mol. The van der Waals surface area contributed by atoms with Crippen molar-refractivity contribution in [2.45, 2.75) is 50.9 Å². The molecule has 6 nitrogen and oxygen atoms in total. The normalized spacial score (nSPS) is 15.1. The summed E-state index contributed by atoms with van der Waals surface area (Å²) in [4.78, 5) is 4.15. The summed E-state index contributed by atoms with van der Waals surface area (Å²) in [5.41, 5.74) is 6.04. The van der Waals surface area contributed by atoms with Crippen molar-refractivity contribution in [2.24, 2.45) is 5.73 Å². The number of rotatable bonds is 5. The first-order valence-electron chi connectivity index (χ1n) is 5.91. The summed E-state index contributed by atoms with van der Waals surface area (Å²) in [5.74, 6) is 0.717. The summed E-state index contributed by atoms with van der Waals surface area (Å²) in [6.07, 6.45) is 3.06. The monoisotopic (exact) mass is 274 g/mol. The zero-order chi connectivity index (χ0) is 14.1. The molecule has 7 heteroatoms. The predicted molar refractivity (Wildman–Crippen MR) is 71.0 cm³/mol. The van der Waals surface area contributed by atoms with Gasteiger partial charge in [0.25, 0.3) is 0 Å². The van der Waals surface area contributed by atoms with Gasteiger partial charge in [-0.25, -0.2) is 18.1 Å². The Bertz CT molecular complexity index is 505. The predicted octanol–water partition coefficient (Wildman–Crippen LogP) is 0.552. The van der Waals surface area contributed by atoms with Gasteiger partial charge in [0.15, 0.2) is 9.84 Å². The summed E-state index contributed by atoms with van der Waals surface area (Å²) in [6, 6.07) is -0.342. The zero-order valence-corrected chi connectivity index (χ0v) is 12.4. The van der Waals surface area contributed by atoms with Crippen molar-refractivity contribution in [2.75, 3.05) is 6.26 Å². The van der Waals surface area contributed by atoms with Gasteiger partial charge in [-0.2, -0.15) is 5.10 Å². The molecule has 1 rings (SSSR count). The lowest BCUT2D eigenvalue weighted by Crippen LogP contribution is -2.50. The van der Waals surface area contributed by atoms with E-state index in [1.165, 1.54) is 12.6 Å². The standard InChI is InChI=1S/C11H22N4O2S/c1-8(2)15-10(13-7-14-15)6-9(12)11(3,4)18(5,16)17/h7-9H,6,12H2,1-5H3. The molecule has 0 saturated heterocycles. The van der Waals surface area contributed by atoms with E-state index < -0.39 is 20.6 Å². The molecule has 0 bridgehead atoms. The van der Waals surface area contributed by atoms with Crippen LogP contribution in [0.15, 0.2) is 6.33 Å². The Hall–Kier alpha value is -0.950. The van der Waals surface area contributed by atoms with Crippen LogP contribution in [0.1, 0.15) is 39.6 Å². The van der Waals surface area contributed by atoms with Crippen LogP contribution in [0, 0.1) is 0 Å². The van der Waals surface area contributed by atoms with Gasteiger partial charge in [0.1, 0.15) is 12.2 Å². The highest BCUT2D eigenvalue weighted by molar-refractivity contribution is 7.92. The van der Waals surface area contributed by atoms with E-state index in [-0.39, 0.29) is 6.04 Å². The van der Waals surface area contributed by atoms with Gasteiger partial charge in [-0.05, 0) is 27.7 Å². The number of nitrogens with zero attached hydrogens (tertiary/aromatic N) is 3. The van der Waals surface area contributed by atoms with Crippen LogP contribution in [0.4, 0.5) is 0 Å². The Morgan fingerprint density at radius 3 is 2.44 bits per heavy atom. The third-order valence-electron chi connectivity index (χ3n) is 3.39. The van der Waals surface area contributed by atoms with Gasteiger partial charge in [-0.3, -0.25) is 0 Å². The van der Waals surface area contributed by atoms with Crippen LogP contribution in [-0.4, -0.2) is 40.2 Å². The lowest BCUT2D eigenvalue weighted by Gasteiger charge is -2.29. The minimum atomic E-state index is -3.22. The van der Waals surface area contributed by atoms with Gasteiger partial charge in [0.05, 0.1) is 4.75 Å². The molecule has 0 saturated carbocycles. The van der Waals surface area contributed by atoms with Gasteiger partial charge in [-0.15, -0.1) is 0 Å². The fourth-order valence-electron chi connectivity index (χ4n) is 1.57. The molecule has 1 aromatic heterocycles. The number of sulfone groups is 1.